The maximum atomic E-state index is 10.5. The van der Waals surface area contributed by atoms with Gasteiger partial charge in [0.1, 0.15) is 6.07 Å². The van der Waals surface area contributed by atoms with Crippen molar-refractivity contribution in [1.82, 2.24) is 4.98 Å². The zero-order valence-electron chi connectivity index (χ0n) is 14.3. The van der Waals surface area contributed by atoms with Crippen molar-refractivity contribution in [3.05, 3.63) is 35.0 Å². The lowest BCUT2D eigenvalue weighted by atomic mass is 9.75. The number of pyridine rings is 1. The summed E-state index contributed by atoms with van der Waals surface area (Å²) in [4.78, 5) is 6.87. The minimum atomic E-state index is -0.183. The molecule has 2 aromatic rings. The van der Waals surface area contributed by atoms with Gasteiger partial charge in [-0.1, -0.05) is 18.1 Å². The molecule has 1 aliphatic heterocycles. The summed E-state index contributed by atoms with van der Waals surface area (Å²) < 4.78 is 0. The van der Waals surface area contributed by atoms with Crippen LogP contribution in [0.2, 0.25) is 0 Å². The van der Waals surface area contributed by atoms with E-state index in [4.69, 9.17) is 0 Å². The quantitative estimate of drug-likeness (QED) is 0.875. The Morgan fingerprint density at radius 3 is 2.58 bits per heavy atom. The van der Waals surface area contributed by atoms with Crippen LogP contribution in [-0.4, -0.2) is 29.3 Å². The topological polar surface area (TPSA) is 60.2 Å². The van der Waals surface area contributed by atoms with Gasteiger partial charge in [-0.15, -0.1) is 0 Å². The molecule has 4 nitrogen and oxygen atoms in total. The minimum Gasteiger partial charge on any atom is -0.392 e. The van der Waals surface area contributed by atoms with E-state index in [2.05, 4.69) is 41.9 Å². The maximum absolute atomic E-state index is 10.5. The summed E-state index contributed by atoms with van der Waals surface area (Å²) in [6, 6.07) is 6.62. The number of anilines is 1. The molecule has 3 atom stereocenters. The Kier molecular flexibility index (Phi) is 3.69. The van der Waals surface area contributed by atoms with Gasteiger partial charge in [-0.3, -0.25) is 4.98 Å². The number of nitrogens with zero attached hydrogens (tertiary/aromatic N) is 3. The molecule has 0 amide bonds. The molecule has 1 aromatic carbocycles. The third-order valence-corrected chi connectivity index (χ3v) is 5.74. The number of nitriles is 1. The van der Waals surface area contributed by atoms with E-state index in [-0.39, 0.29) is 6.10 Å². The van der Waals surface area contributed by atoms with Gasteiger partial charge in [0, 0.05) is 36.5 Å². The Labute approximate surface area is 142 Å². The fourth-order valence-corrected chi connectivity index (χ4v) is 4.66. The number of hydrogen-bond donors (Lipinski definition) is 1. The lowest BCUT2D eigenvalue weighted by Crippen LogP contribution is -2.51. The molecule has 2 heterocycles. The lowest BCUT2D eigenvalue weighted by molar-refractivity contribution is 0.00604. The highest BCUT2D eigenvalue weighted by atomic mass is 16.3. The first kappa shape index (κ1) is 15.4. The summed E-state index contributed by atoms with van der Waals surface area (Å²) in [5.74, 6) is 0.635. The van der Waals surface area contributed by atoms with Crippen molar-refractivity contribution in [2.75, 3.05) is 18.0 Å². The molecule has 1 N–H and O–H groups in total. The highest BCUT2D eigenvalue weighted by Crippen LogP contribution is 2.40. The van der Waals surface area contributed by atoms with Crippen LogP contribution in [0.1, 0.15) is 36.0 Å². The summed E-state index contributed by atoms with van der Waals surface area (Å²) in [7, 11) is 0. The molecule has 1 saturated carbocycles. The van der Waals surface area contributed by atoms with Crippen molar-refractivity contribution >= 4 is 16.6 Å². The Bertz CT molecular complexity index is 825. The zero-order valence-corrected chi connectivity index (χ0v) is 14.3. The van der Waals surface area contributed by atoms with Crippen molar-refractivity contribution in [2.45, 2.75) is 39.2 Å². The Morgan fingerprint density at radius 2 is 1.92 bits per heavy atom. The van der Waals surface area contributed by atoms with Crippen LogP contribution in [-0.2, 0) is 0 Å². The normalized spacial score (nSPS) is 26.4. The van der Waals surface area contributed by atoms with Crippen LogP contribution in [0.5, 0.6) is 0 Å². The number of rotatable bonds is 1. The van der Waals surface area contributed by atoms with E-state index in [1.165, 1.54) is 12.0 Å². The van der Waals surface area contributed by atoms with Crippen LogP contribution in [0.4, 0.5) is 5.69 Å². The van der Waals surface area contributed by atoms with E-state index in [1.54, 1.807) is 6.20 Å². The molecule has 4 heteroatoms. The number of piperidine rings is 1. The molecule has 2 bridgehead atoms. The molecular weight excluding hydrogens is 298 g/mol. The van der Waals surface area contributed by atoms with Crippen LogP contribution in [0.3, 0.4) is 0 Å². The SMILES string of the molecule is Cc1cc(C)c2ncc(C#N)c(N3C[C@H]4CCC[C@@H](C3)C4O)c2c1. The lowest BCUT2D eigenvalue weighted by Gasteiger charge is -2.46. The van der Waals surface area contributed by atoms with Crippen LogP contribution in [0.15, 0.2) is 18.3 Å². The highest BCUT2D eigenvalue weighted by Gasteiger charge is 2.39. The molecule has 1 unspecified atom stereocenters. The molecule has 24 heavy (non-hydrogen) atoms. The van der Waals surface area contributed by atoms with Crippen LogP contribution in [0.25, 0.3) is 10.9 Å². The molecule has 4 rings (SSSR count). The van der Waals surface area contributed by atoms with Crippen molar-refractivity contribution in [3.63, 3.8) is 0 Å². The fourth-order valence-electron chi connectivity index (χ4n) is 4.66. The standard InChI is InChI=1S/C20H23N3O/c1-12-6-13(2)18-17(7-12)19(16(8-21)9-22-18)23-10-14-4-3-5-15(11-23)20(14)24/h6-7,9,14-15,20,24H,3-5,10-11H2,1-2H3/t14-,15+,20?. The third kappa shape index (κ3) is 2.35. The Morgan fingerprint density at radius 1 is 1.21 bits per heavy atom. The van der Waals surface area contributed by atoms with Crippen molar-refractivity contribution in [1.29, 1.82) is 5.26 Å². The highest BCUT2D eigenvalue weighted by molar-refractivity contribution is 5.96. The van der Waals surface area contributed by atoms with E-state index in [0.29, 0.717) is 17.4 Å². The van der Waals surface area contributed by atoms with Crippen LogP contribution in [0, 0.1) is 37.0 Å². The number of aliphatic hydroxyl groups excluding tert-OH is 1. The molecule has 1 saturated heterocycles. The first-order valence-electron chi connectivity index (χ1n) is 8.81. The Hall–Kier alpha value is -2.12. The van der Waals surface area contributed by atoms with Gasteiger partial charge in [-0.05, 0) is 38.3 Å². The average molecular weight is 321 g/mol. The molecule has 124 valence electrons. The number of aliphatic hydroxyl groups is 1. The maximum Gasteiger partial charge on any atom is 0.103 e. The smallest absolute Gasteiger partial charge is 0.103 e. The number of hydrogen-bond acceptors (Lipinski definition) is 4. The summed E-state index contributed by atoms with van der Waals surface area (Å²) in [5.41, 5.74) is 4.97. The second-order valence-electron chi connectivity index (χ2n) is 7.46. The first-order chi connectivity index (χ1) is 11.6. The number of aryl methyl sites for hydroxylation is 2. The summed E-state index contributed by atoms with van der Waals surface area (Å²) in [6.45, 7) is 5.83. The van der Waals surface area contributed by atoms with Crippen molar-refractivity contribution in [2.24, 2.45) is 11.8 Å². The fraction of sp³-hybridized carbons (Fsp3) is 0.500. The summed E-state index contributed by atoms with van der Waals surface area (Å²) >= 11 is 0. The Balaban J connectivity index is 1.88. The van der Waals surface area contributed by atoms with Gasteiger partial charge in [0.15, 0.2) is 0 Å². The predicted molar refractivity (Wildman–Crippen MR) is 95.0 cm³/mol. The molecular formula is C20H23N3O. The van der Waals surface area contributed by atoms with E-state index in [1.807, 2.05) is 0 Å². The van der Waals surface area contributed by atoms with Crippen molar-refractivity contribution in [3.8, 4) is 6.07 Å². The summed E-state index contributed by atoms with van der Waals surface area (Å²) in [5, 5.41) is 21.2. The van der Waals surface area contributed by atoms with Crippen LogP contribution >= 0.6 is 0 Å². The van der Waals surface area contributed by atoms with Gasteiger partial charge in [0.25, 0.3) is 0 Å². The van der Waals surface area contributed by atoms with E-state index in [0.717, 1.165) is 48.1 Å². The second-order valence-corrected chi connectivity index (χ2v) is 7.46. The summed E-state index contributed by atoms with van der Waals surface area (Å²) in [6.07, 6.45) is 4.90. The van der Waals surface area contributed by atoms with Gasteiger partial charge in [-0.2, -0.15) is 5.26 Å². The molecule has 2 aliphatic rings. The number of aromatic nitrogens is 1. The average Bonchev–Trinajstić information content (AvgIpc) is 2.53. The minimum absolute atomic E-state index is 0.183. The van der Waals surface area contributed by atoms with E-state index < -0.39 is 0 Å². The predicted octanol–water partition coefficient (Wildman–Crippen LogP) is 3.32. The first-order valence-corrected chi connectivity index (χ1v) is 8.81. The van der Waals surface area contributed by atoms with Gasteiger partial charge in [0.05, 0.1) is 22.9 Å². The second kappa shape index (κ2) is 5.75. The number of benzene rings is 1. The molecule has 0 spiro atoms. The van der Waals surface area contributed by atoms with Gasteiger partial charge >= 0.3 is 0 Å². The van der Waals surface area contributed by atoms with E-state index >= 15 is 0 Å². The van der Waals surface area contributed by atoms with Gasteiger partial charge in [0.2, 0.25) is 0 Å². The molecule has 2 fully saturated rings. The van der Waals surface area contributed by atoms with Gasteiger partial charge < -0.3 is 10.0 Å². The molecule has 1 aliphatic carbocycles. The van der Waals surface area contributed by atoms with Crippen molar-refractivity contribution < 1.29 is 5.11 Å². The number of fused-ring (bicyclic) bond motifs is 3. The zero-order chi connectivity index (χ0) is 16.8. The van der Waals surface area contributed by atoms with Gasteiger partial charge in [-0.25, -0.2) is 0 Å². The third-order valence-electron chi connectivity index (χ3n) is 5.74. The van der Waals surface area contributed by atoms with Crippen LogP contribution < -0.4 is 4.90 Å². The largest absolute Gasteiger partial charge is 0.392 e. The monoisotopic (exact) mass is 321 g/mol. The molecule has 0 radical (unpaired) electrons. The van der Waals surface area contributed by atoms with E-state index in [9.17, 15) is 10.4 Å². The molecule has 1 aromatic heterocycles.